The molecule has 0 aromatic rings. The normalized spacial score (nSPS) is 31.9. The maximum atomic E-state index is 6.14. The minimum atomic E-state index is 0.210. The molecule has 1 heterocycles. The molecule has 0 aromatic carbocycles. The van der Waals surface area contributed by atoms with Gasteiger partial charge in [-0.25, -0.2) is 0 Å². The Labute approximate surface area is 123 Å². The van der Waals surface area contributed by atoms with Gasteiger partial charge in [-0.1, -0.05) is 6.92 Å². The highest BCUT2D eigenvalue weighted by Crippen LogP contribution is 2.49. The van der Waals surface area contributed by atoms with E-state index in [-0.39, 0.29) is 5.54 Å². The first-order valence-corrected chi connectivity index (χ1v) is 9.07. The SMILES string of the molecule is CCSCCC1(CNC(C)(C)C)CCOC1C1CC1. The van der Waals surface area contributed by atoms with Gasteiger partial charge in [0.2, 0.25) is 0 Å². The third kappa shape index (κ3) is 4.37. The molecule has 2 aliphatic rings. The van der Waals surface area contributed by atoms with Crippen molar-refractivity contribution < 1.29 is 4.74 Å². The number of thioether (sulfide) groups is 1. The molecular weight excluding hydrogens is 254 g/mol. The van der Waals surface area contributed by atoms with Gasteiger partial charge in [-0.2, -0.15) is 11.8 Å². The van der Waals surface area contributed by atoms with Crippen molar-refractivity contribution in [2.75, 3.05) is 24.7 Å². The molecule has 0 bridgehead atoms. The molecule has 0 spiro atoms. The molecule has 1 aliphatic carbocycles. The van der Waals surface area contributed by atoms with Crippen molar-refractivity contribution in [1.29, 1.82) is 0 Å². The first kappa shape index (κ1) is 15.7. The smallest absolute Gasteiger partial charge is 0.0672 e. The summed E-state index contributed by atoms with van der Waals surface area (Å²) in [6.45, 7) is 11.2. The summed E-state index contributed by atoms with van der Waals surface area (Å²) < 4.78 is 6.14. The highest BCUT2D eigenvalue weighted by atomic mass is 32.2. The topological polar surface area (TPSA) is 21.3 Å². The van der Waals surface area contributed by atoms with E-state index < -0.39 is 0 Å². The molecule has 2 rings (SSSR count). The molecule has 3 heteroatoms. The van der Waals surface area contributed by atoms with Crippen LogP contribution in [0.1, 0.15) is 53.4 Å². The van der Waals surface area contributed by atoms with E-state index in [4.69, 9.17) is 4.74 Å². The predicted octanol–water partition coefficient (Wildman–Crippen LogP) is 3.70. The molecule has 0 aromatic heterocycles. The van der Waals surface area contributed by atoms with Gasteiger partial charge in [0.1, 0.15) is 0 Å². The van der Waals surface area contributed by atoms with E-state index in [0.29, 0.717) is 11.5 Å². The second kappa shape index (κ2) is 6.36. The van der Waals surface area contributed by atoms with Crippen molar-refractivity contribution in [2.45, 2.75) is 65.0 Å². The Kier molecular flexibility index (Phi) is 5.24. The van der Waals surface area contributed by atoms with Crippen LogP contribution < -0.4 is 5.32 Å². The van der Waals surface area contributed by atoms with E-state index in [1.807, 2.05) is 0 Å². The summed E-state index contributed by atoms with van der Waals surface area (Å²) in [7, 11) is 0. The van der Waals surface area contributed by atoms with E-state index in [1.54, 1.807) is 0 Å². The molecule has 19 heavy (non-hydrogen) atoms. The van der Waals surface area contributed by atoms with Crippen molar-refractivity contribution in [3.63, 3.8) is 0 Å². The third-order valence-corrected chi connectivity index (χ3v) is 5.37. The molecule has 112 valence electrons. The van der Waals surface area contributed by atoms with Gasteiger partial charge in [0.05, 0.1) is 6.10 Å². The zero-order chi connectivity index (χ0) is 13.9. The van der Waals surface area contributed by atoms with Crippen LogP contribution in [-0.2, 0) is 4.74 Å². The monoisotopic (exact) mass is 285 g/mol. The van der Waals surface area contributed by atoms with Crippen molar-refractivity contribution in [3.8, 4) is 0 Å². The molecule has 1 aliphatic heterocycles. The molecule has 1 saturated carbocycles. The highest BCUT2D eigenvalue weighted by molar-refractivity contribution is 7.99. The van der Waals surface area contributed by atoms with Gasteiger partial charge in [0.15, 0.2) is 0 Å². The summed E-state index contributed by atoms with van der Waals surface area (Å²) in [5.41, 5.74) is 0.609. The molecule has 2 fully saturated rings. The van der Waals surface area contributed by atoms with Crippen molar-refractivity contribution >= 4 is 11.8 Å². The molecular formula is C16H31NOS. The molecule has 2 atom stereocenters. The maximum absolute atomic E-state index is 6.14. The van der Waals surface area contributed by atoms with E-state index in [1.165, 1.54) is 37.2 Å². The average Bonchev–Trinajstić information content (AvgIpc) is 3.09. The number of ether oxygens (including phenoxy) is 1. The quantitative estimate of drug-likeness (QED) is 0.721. The number of hydrogen-bond donors (Lipinski definition) is 1. The van der Waals surface area contributed by atoms with Crippen LogP contribution in [0.5, 0.6) is 0 Å². The Balaban J connectivity index is 1.98. The van der Waals surface area contributed by atoms with Gasteiger partial charge < -0.3 is 10.1 Å². The maximum Gasteiger partial charge on any atom is 0.0672 e. The Morgan fingerprint density at radius 1 is 1.32 bits per heavy atom. The lowest BCUT2D eigenvalue weighted by atomic mass is 9.76. The lowest BCUT2D eigenvalue weighted by Gasteiger charge is -2.37. The van der Waals surface area contributed by atoms with Crippen LogP contribution in [0.3, 0.4) is 0 Å². The van der Waals surface area contributed by atoms with E-state index in [0.717, 1.165) is 19.1 Å². The van der Waals surface area contributed by atoms with Crippen molar-refractivity contribution in [1.82, 2.24) is 5.32 Å². The first-order chi connectivity index (χ1) is 8.97. The van der Waals surface area contributed by atoms with Gasteiger partial charge in [0.25, 0.3) is 0 Å². The fourth-order valence-corrected chi connectivity index (χ4v) is 3.99. The van der Waals surface area contributed by atoms with Gasteiger partial charge in [-0.05, 0) is 63.9 Å². The summed E-state index contributed by atoms with van der Waals surface area (Å²) in [6.07, 6.45) is 5.88. The van der Waals surface area contributed by atoms with E-state index >= 15 is 0 Å². The molecule has 1 N–H and O–H groups in total. The summed E-state index contributed by atoms with van der Waals surface area (Å²) in [6, 6.07) is 0. The highest BCUT2D eigenvalue weighted by Gasteiger charge is 2.50. The molecule has 0 radical (unpaired) electrons. The predicted molar refractivity (Wildman–Crippen MR) is 84.9 cm³/mol. The van der Waals surface area contributed by atoms with Crippen molar-refractivity contribution in [2.24, 2.45) is 11.3 Å². The van der Waals surface area contributed by atoms with Gasteiger partial charge in [0, 0.05) is 24.1 Å². The molecule has 2 nitrogen and oxygen atoms in total. The Morgan fingerprint density at radius 3 is 2.63 bits per heavy atom. The first-order valence-electron chi connectivity index (χ1n) is 7.91. The zero-order valence-corrected chi connectivity index (χ0v) is 13.9. The lowest BCUT2D eigenvalue weighted by molar-refractivity contribution is 0.0267. The van der Waals surface area contributed by atoms with Crippen LogP contribution in [0.4, 0.5) is 0 Å². The standard InChI is InChI=1S/C16H31NOS/c1-5-19-11-9-16(12-17-15(2,3)4)8-10-18-14(16)13-6-7-13/h13-14,17H,5-12H2,1-4H3. The fraction of sp³-hybridized carbons (Fsp3) is 1.00. The minimum absolute atomic E-state index is 0.210. The number of rotatable bonds is 7. The van der Waals surface area contributed by atoms with Crippen LogP contribution in [0, 0.1) is 11.3 Å². The van der Waals surface area contributed by atoms with Crippen molar-refractivity contribution in [3.05, 3.63) is 0 Å². The van der Waals surface area contributed by atoms with Gasteiger partial charge in [-0.3, -0.25) is 0 Å². The largest absolute Gasteiger partial charge is 0.377 e. The molecule has 0 amide bonds. The zero-order valence-electron chi connectivity index (χ0n) is 13.1. The van der Waals surface area contributed by atoms with Gasteiger partial charge >= 0.3 is 0 Å². The van der Waals surface area contributed by atoms with Crippen LogP contribution in [0.2, 0.25) is 0 Å². The Morgan fingerprint density at radius 2 is 2.05 bits per heavy atom. The fourth-order valence-electron chi connectivity index (χ4n) is 3.15. The number of hydrogen-bond acceptors (Lipinski definition) is 3. The van der Waals surface area contributed by atoms with Crippen LogP contribution in [0.25, 0.3) is 0 Å². The van der Waals surface area contributed by atoms with Crippen LogP contribution in [0.15, 0.2) is 0 Å². The average molecular weight is 285 g/mol. The molecule has 2 unspecified atom stereocenters. The second-order valence-corrected chi connectivity index (χ2v) is 8.69. The lowest BCUT2D eigenvalue weighted by Crippen LogP contribution is -2.48. The number of nitrogens with one attached hydrogen (secondary N) is 1. The van der Waals surface area contributed by atoms with Gasteiger partial charge in [-0.15, -0.1) is 0 Å². The summed E-state index contributed by atoms with van der Waals surface area (Å²) in [5.74, 6) is 3.38. The summed E-state index contributed by atoms with van der Waals surface area (Å²) in [4.78, 5) is 0. The summed E-state index contributed by atoms with van der Waals surface area (Å²) in [5, 5.41) is 3.75. The third-order valence-electron chi connectivity index (χ3n) is 4.47. The van der Waals surface area contributed by atoms with E-state index in [2.05, 4.69) is 44.8 Å². The Hall–Kier alpha value is 0.270. The van der Waals surface area contributed by atoms with E-state index in [9.17, 15) is 0 Å². The Bertz CT molecular complexity index is 285. The second-order valence-electron chi connectivity index (χ2n) is 7.29. The van der Waals surface area contributed by atoms with Crippen LogP contribution in [-0.4, -0.2) is 36.3 Å². The molecule has 1 saturated heterocycles. The van der Waals surface area contributed by atoms with Crippen LogP contribution >= 0.6 is 11.8 Å². The minimum Gasteiger partial charge on any atom is -0.377 e. The summed E-state index contributed by atoms with van der Waals surface area (Å²) >= 11 is 2.08.